The van der Waals surface area contributed by atoms with E-state index in [9.17, 15) is 23.1 Å². The summed E-state index contributed by atoms with van der Waals surface area (Å²) in [7, 11) is -2.42. The third-order valence-corrected chi connectivity index (χ3v) is 5.94. The fourth-order valence-electron chi connectivity index (χ4n) is 2.69. The molecule has 0 radical (unpaired) electrons. The highest BCUT2D eigenvalue weighted by Crippen LogP contribution is 2.31. The number of benzene rings is 1. The number of hydrogen-bond donors (Lipinski definition) is 1. The number of nitrogens with zero attached hydrogens (tertiary/aromatic N) is 1. The Morgan fingerprint density at radius 2 is 1.96 bits per heavy atom. The number of rotatable bonds is 6. The smallest absolute Gasteiger partial charge is 0.313 e. The van der Waals surface area contributed by atoms with E-state index in [0.29, 0.717) is 5.02 Å². The van der Waals surface area contributed by atoms with Gasteiger partial charge in [0, 0.05) is 25.2 Å². The van der Waals surface area contributed by atoms with Crippen molar-refractivity contribution in [3.63, 3.8) is 0 Å². The second-order valence-electron chi connectivity index (χ2n) is 5.80. The lowest BCUT2D eigenvalue weighted by Gasteiger charge is -2.23. The first-order valence-corrected chi connectivity index (χ1v) is 9.22. The van der Waals surface area contributed by atoms with E-state index in [0.717, 1.165) is 0 Å². The third kappa shape index (κ3) is 3.88. The van der Waals surface area contributed by atoms with Crippen molar-refractivity contribution in [2.24, 2.45) is 5.41 Å². The number of carboxylic acids is 1. The number of amides is 1. The van der Waals surface area contributed by atoms with Crippen molar-refractivity contribution in [2.45, 2.75) is 11.3 Å². The SMILES string of the molecule is COCC1(C(=O)O)CCN(C(=O)CS(=O)(=O)c2ccc(Cl)cc2)C1. The second-order valence-corrected chi connectivity index (χ2v) is 8.22. The molecule has 1 N–H and O–H groups in total. The van der Waals surface area contributed by atoms with Crippen molar-refractivity contribution in [2.75, 3.05) is 32.6 Å². The van der Waals surface area contributed by atoms with Crippen molar-refractivity contribution in [3.05, 3.63) is 29.3 Å². The van der Waals surface area contributed by atoms with Gasteiger partial charge in [-0.15, -0.1) is 0 Å². The van der Waals surface area contributed by atoms with E-state index in [4.69, 9.17) is 16.3 Å². The molecule has 2 rings (SSSR count). The fraction of sp³-hybridized carbons (Fsp3) is 0.467. The molecular weight excluding hydrogens is 358 g/mol. The Morgan fingerprint density at radius 3 is 2.50 bits per heavy atom. The van der Waals surface area contributed by atoms with Crippen molar-refractivity contribution in [1.29, 1.82) is 0 Å². The van der Waals surface area contributed by atoms with Gasteiger partial charge in [0.2, 0.25) is 5.91 Å². The number of sulfone groups is 1. The molecule has 1 saturated heterocycles. The van der Waals surface area contributed by atoms with Gasteiger partial charge in [0.25, 0.3) is 0 Å². The van der Waals surface area contributed by atoms with Crippen LogP contribution < -0.4 is 0 Å². The standard InChI is InChI=1S/C15H18ClNO6S/c1-23-10-15(14(19)20)6-7-17(9-15)13(18)8-24(21,22)12-4-2-11(16)3-5-12/h2-5H,6-10H2,1H3,(H,19,20). The number of halogens is 1. The van der Waals surface area contributed by atoms with Crippen LogP contribution >= 0.6 is 11.6 Å². The zero-order valence-corrected chi connectivity index (χ0v) is 14.6. The van der Waals surface area contributed by atoms with Crippen LogP contribution in [0, 0.1) is 5.41 Å². The van der Waals surface area contributed by atoms with Crippen LogP contribution in [-0.2, 0) is 24.2 Å². The molecule has 0 bridgehead atoms. The average molecular weight is 376 g/mol. The molecule has 1 atom stereocenters. The zero-order chi connectivity index (χ0) is 18.0. The molecule has 1 aromatic carbocycles. The lowest BCUT2D eigenvalue weighted by molar-refractivity contribution is -0.151. The number of carboxylic acid groups (broad SMARTS) is 1. The maximum Gasteiger partial charge on any atom is 0.313 e. The topological polar surface area (TPSA) is 101 Å². The van der Waals surface area contributed by atoms with Crippen LogP contribution in [0.3, 0.4) is 0 Å². The molecule has 1 heterocycles. The Morgan fingerprint density at radius 1 is 1.33 bits per heavy atom. The van der Waals surface area contributed by atoms with Gasteiger partial charge in [-0.05, 0) is 30.7 Å². The molecule has 0 aromatic heterocycles. The van der Waals surface area contributed by atoms with Gasteiger partial charge in [0.05, 0.1) is 11.5 Å². The Hall–Kier alpha value is -1.64. The molecule has 0 saturated carbocycles. The summed E-state index contributed by atoms with van der Waals surface area (Å²) in [6.45, 7) is 0.0891. The molecule has 24 heavy (non-hydrogen) atoms. The molecule has 0 spiro atoms. The van der Waals surface area contributed by atoms with Crippen LogP contribution in [0.15, 0.2) is 29.2 Å². The van der Waals surface area contributed by atoms with Gasteiger partial charge in [-0.25, -0.2) is 8.42 Å². The summed E-state index contributed by atoms with van der Waals surface area (Å²) in [6.07, 6.45) is 0.225. The number of aliphatic carboxylic acids is 1. The first-order chi connectivity index (χ1) is 11.2. The number of hydrogen-bond acceptors (Lipinski definition) is 5. The molecule has 1 aliphatic heterocycles. The van der Waals surface area contributed by atoms with Crippen LogP contribution in [0.5, 0.6) is 0 Å². The number of ether oxygens (including phenoxy) is 1. The molecule has 1 aromatic rings. The summed E-state index contributed by atoms with van der Waals surface area (Å²) in [6, 6.07) is 5.54. The summed E-state index contributed by atoms with van der Waals surface area (Å²) >= 11 is 5.72. The quantitative estimate of drug-likeness (QED) is 0.797. The minimum Gasteiger partial charge on any atom is -0.481 e. The Labute approximate surface area is 145 Å². The molecule has 7 nitrogen and oxygen atoms in total. The maximum atomic E-state index is 12.3. The normalized spacial score (nSPS) is 21.0. The van der Waals surface area contributed by atoms with Crippen LogP contribution in [0.25, 0.3) is 0 Å². The predicted octanol–water partition coefficient (Wildman–Crippen LogP) is 1.06. The number of carbonyl (C=O) groups is 2. The Bertz CT molecular complexity index is 733. The van der Waals surface area contributed by atoms with Gasteiger partial charge < -0.3 is 14.7 Å². The first-order valence-electron chi connectivity index (χ1n) is 7.19. The van der Waals surface area contributed by atoms with Crippen molar-refractivity contribution >= 4 is 33.3 Å². The lowest BCUT2D eigenvalue weighted by atomic mass is 9.88. The van der Waals surface area contributed by atoms with Crippen LogP contribution in [0.2, 0.25) is 5.02 Å². The van der Waals surface area contributed by atoms with E-state index in [-0.39, 0.29) is 31.0 Å². The summed E-state index contributed by atoms with van der Waals surface area (Å²) in [4.78, 5) is 25.0. The highest BCUT2D eigenvalue weighted by atomic mass is 35.5. The Kier molecular flexibility index (Phi) is 5.52. The molecule has 1 amide bonds. The van der Waals surface area contributed by atoms with Gasteiger partial charge >= 0.3 is 5.97 Å². The van der Waals surface area contributed by atoms with Crippen molar-refractivity contribution < 1.29 is 27.9 Å². The predicted molar refractivity (Wildman–Crippen MR) is 86.6 cm³/mol. The van der Waals surface area contributed by atoms with E-state index in [1.54, 1.807) is 0 Å². The second kappa shape index (κ2) is 7.08. The maximum absolute atomic E-state index is 12.3. The highest BCUT2D eigenvalue weighted by Gasteiger charge is 2.46. The molecule has 1 unspecified atom stereocenters. The number of methoxy groups -OCH3 is 1. The highest BCUT2D eigenvalue weighted by molar-refractivity contribution is 7.92. The molecular formula is C15H18ClNO6S. The summed E-state index contributed by atoms with van der Waals surface area (Å²) in [5.41, 5.74) is -1.19. The van der Waals surface area contributed by atoms with Gasteiger partial charge in [0.15, 0.2) is 9.84 Å². The summed E-state index contributed by atoms with van der Waals surface area (Å²) in [5.74, 6) is -2.39. The van der Waals surface area contributed by atoms with Crippen LogP contribution in [-0.4, -0.2) is 62.9 Å². The van der Waals surface area contributed by atoms with E-state index in [2.05, 4.69) is 0 Å². The monoisotopic (exact) mass is 375 g/mol. The molecule has 132 valence electrons. The number of likely N-dealkylation sites (tertiary alicyclic amines) is 1. The Balaban J connectivity index is 2.10. The van der Waals surface area contributed by atoms with Crippen LogP contribution in [0.4, 0.5) is 0 Å². The summed E-state index contributed by atoms with van der Waals surface area (Å²) in [5, 5.41) is 9.78. The third-order valence-electron chi connectivity index (χ3n) is 4.07. The van der Waals surface area contributed by atoms with E-state index < -0.39 is 32.9 Å². The van der Waals surface area contributed by atoms with E-state index in [1.807, 2.05) is 0 Å². The fourth-order valence-corrected chi connectivity index (χ4v) is 4.05. The van der Waals surface area contributed by atoms with E-state index >= 15 is 0 Å². The molecule has 1 fully saturated rings. The molecule has 0 aliphatic carbocycles. The van der Waals surface area contributed by atoms with Crippen LogP contribution in [0.1, 0.15) is 6.42 Å². The van der Waals surface area contributed by atoms with Gasteiger partial charge in [-0.3, -0.25) is 9.59 Å². The van der Waals surface area contributed by atoms with Gasteiger partial charge in [-0.1, -0.05) is 11.6 Å². The first kappa shape index (κ1) is 18.7. The minimum atomic E-state index is -3.81. The van der Waals surface area contributed by atoms with E-state index in [1.165, 1.54) is 36.3 Å². The molecule has 1 aliphatic rings. The van der Waals surface area contributed by atoms with Gasteiger partial charge in [0.1, 0.15) is 11.2 Å². The minimum absolute atomic E-state index is 0.000774. The number of carbonyl (C=O) groups excluding carboxylic acids is 1. The van der Waals surface area contributed by atoms with Gasteiger partial charge in [-0.2, -0.15) is 0 Å². The average Bonchev–Trinajstić information content (AvgIpc) is 2.93. The summed E-state index contributed by atoms with van der Waals surface area (Å²) < 4.78 is 29.6. The lowest BCUT2D eigenvalue weighted by Crippen LogP contribution is -2.41. The van der Waals surface area contributed by atoms with Crippen molar-refractivity contribution in [1.82, 2.24) is 4.90 Å². The van der Waals surface area contributed by atoms with Crippen molar-refractivity contribution in [3.8, 4) is 0 Å². The zero-order valence-electron chi connectivity index (χ0n) is 13.1. The largest absolute Gasteiger partial charge is 0.481 e. The molecule has 9 heteroatoms.